The molecule has 0 atom stereocenters. The van der Waals surface area contributed by atoms with Gasteiger partial charge in [0, 0.05) is 30.2 Å². The van der Waals surface area contributed by atoms with Gasteiger partial charge in [0.25, 0.3) is 0 Å². The van der Waals surface area contributed by atoms with Crippen LogP contribution in [-0.4, -0.2) is 9.78 Å². The fourth-order valence-corrected chi connectivity index (χ4v) is 1.66. The van der Waals surface area contributed by atoms with E-state index in [9.17, 15) is 4.39 Å². The van der Waals surface area contributed by atoms with Crippen molar-refractivity contribution in [2.45, 2.75) is 6.54 Å². The van der Waals surface area contributed by atoms with Gasteiger partial charge in [-0.1, -0.05) is 17.7 Å². The molecule has 2 rings (SSSR count). The van der Waals surface area contributed by atoms with Gasteiger partial charge in [0.15, 0.2) is 0 Å². The monoisotopic (exact) mass is 239 g/mol. The van der Waals surface area contributed by atoms with Gasteiger partial charge in [0.2, 0.25) is 0 Å². The van der Waals surface area contributed by atoms with E-state index in [-0.39, 0.29) is 5.82 Å². The first-order valence-corrected chi connectivity index (χ1v) is 5.21. The second kappa shape index (κ2) is 4.53. The van der Waals surface area contributed by atoms with Crippen molar-refractivity contribution < 1.29 is 4.39 Å². The average molecular weight is 240 g/mol. The SMILES string of the molecule is Cn1nccc1NCc1c(F)cccc1Cl. The number of halogens is 2. The predicted octanol–water partition coefficient (Wildman–Crippen LogP) is 2.82. The number of aromatic nitrogens is 2. The number of anilines is 1. The van der Waals surface area contributed by atoms with Crippen LogP contribution in [0.25, 0.3) is 0 Å². The van der Waals surface area contributed by atoms with Gasteiger partial charge in [-0.3, -0.25) is 4.68 Å². The Balaban J connectivity index is 2.14. The van der Waals surface area contributed by atoms with E-state index < -0.39 is 0 Å². The van der Waals surface area contributed by atoms with Gasteiger partial charge in [0.1, 0.15) is 11.6 Å². The van der Waals surface area contributed by atoms with Crippen molar-refractivity contribution in [2.75, 3.05) is 5.32 Å². The van der Waals surface area contributed by atoms with Gasteiger partial charge in [-0.05, 0) is 12.1 Å². The molecule has 0 unspecified atom stereocenters. The van der Waals surface area contributed by atoms with E-state index in [2.05, 4.69) is 10.4 Å². The van der Waals surface area contributed by atoms with Crippen molar-refractivity contribution in [3.05, 3.63) is 46.9 Å². The summed E-state index contributed by atoms with van der Waals surface area (Å²) in [5.74, 6) is 0.515. The molecule has 16 heavy (non-hydrogen) atoms. The Morgan fingerprint density at radius 3 is 2.88 bits per heavy atom. The number of rotatable bonds is 3. The number of hydrogen-bond acceptors (Lipinski definition) is 2. The third-order valence-electron chi connectivity index (χ3n) is 2.33. The molecule has 84 valence electrons. The molecule has 0 amide bonds. The lowest BCUT2D eigenvalue weighted by atomic mass is 10.2. The van der Waals surface area contributed by atoms with E-state index in [0.29, 0.717) is 17.1 Å². The van der Waals surface area contributed by atoms with Crippen LogP contribution in [0.3, 0.4) is 0 Å². The van der Waals surface area contributed by atoms with Crippen molar-refractivity contribution in [1.29, 1.82) is 0 Å². The largest absolute Gasteiger partial charge is 0.366 e. The normalized spacial score (nSPS) is 10.4. The van der Waals surface area contributed by atoms with Gasteiger partial charge in [-0.25, -0.2) is 4.39 Å². The lowest BCUT2D eigenvalue weighted by Crippen LogP contribution is -2.06. The van der Waals surface area contributed by atoms with Crippen molar-refractivity contribution in [3.8, 4) is 0 Å². The van der Waals surface area contributed by atoms with Gasteiger partial charge in [-0.2, -0.15) is 5.10 Å². The van der Waals surface area contributed by atoms with Gasteiger partial charge in [0.05, 0.1) is 6.20 Å². The van der Waals surface area contributed by atoms with Gasteiger partial charge < -0.3 is 5.32 Å². The highest BCUT2D eigenvalue weighted by Crippen LogP contribution is 2.20. The fourth-order valence-electron chi connectivity index (χ4n) is 1.43. The Morgan fingerprint density at radius 1 is 1.44 bits per heavy atom. The molecule has 0 spiro atoms. The van der Waals surface area contributed by atoms with E-state index >= 15 is 0 Å². The smallest absolute Gasteiger partial charge is 0.129 e. The molecule has 3 nitrogen and oxygen atoms in total. The zero-order chi connectivity index (χ0) is 11.5. The quantitative estimate of drug-likeness (QED) is 0.893. The first-order valence-electron chi connectivity index (χ1n) is 4.83. The number of aryl methyl sites for hydroxylation is 1. The molecule has 0 aliphatic carbocycles. The summed E-state index contributed by atoms with van der Waals surface area (Å²) >= 11 is 5.91. The van der Waals surface area contributed by atoms with Crippen LogP contribution in [0, 0.1) is 5.82 Å². The van der Waals surface area contributed by atoms with Crippen molar-refractivity contribution in [1.82, 2.24) is 9.78 Å². The highest BCUT2D eigenvalue weighted by Gasteiger charge is 2.07. The van der Waals surface area contributed by atoms with Gasteiger partial charge in [-0.15, -0.1) is 0 Å². The molecule has 0 fully saturated rings. The molecule has 0 saturated carbocycles. The Bertz CT molecular complexity index is 475. The van der Waals surface area contributed by atoms with E-state index in [4.69, 9.17) is 11.6 Å². The Kier molecular flexibility index (Phi) is 3.10. The van der Waals surface area contributed by atoms with Crippen LogP contribution in [0.15, 0.2) is 30.5 Å². The number of benzene rings is 1. The highest BCUT2D eigenvalue weighted by atomic mass is 35.5. The third kappa shape index (κ3) is 2.17. The molecule has 0 aliphatic heterocycles. The van der Waals surface area contributed by atoms with E-state index in [0.717, 1.165) is 5.82 Å². The second-order valence-corrected chi connectivity index (χ2v) is 3.80. The topological polar surface area (TPSA) is 29.9 Å². The number of nitrogens with one attached hydrogen (secondary N) is 1. The first-order chi connectivity index (χ1) is 7.68. The minimum atomic E-state index is -0.304. The van der Waals surface area contributed by atoms with Crippen LogP contribution >= 0.6 is 11.6 Å². The molecule has 1 heterocycles. The maximum absolute atomic E-state index is 13.4. The summed E-state index contributed by atoms with van der Waals surface area (Å²) < 4.78 is 15.1. The highest BCUT2D eigenvalue weighted by molar-refractivity contribution is 6.31. The maximum Gasteiger partial charge on any atom is 0.129 e. The lowest BCUT2D eigenvalue weighted by molar-refractivity contribution is 0.612. The summed E-state index contributed by atoms with van der Waals surface area (Å²) in [6.07, 6.45) is 1.67. The zero-order valence-electron chi connectivity index (χ0n) is 8.74. The summed E-state index contributed by atoms with van der Waals surface area (Å²) in [4.78, 5) is 0. The van der Waals surface area contributed by atoms with E-state index in [1.54, 1.807) is 23.0 Å². The number of nitrogens with zero attached hydrogens (tertiary/aromatic N) is 2. The Morgan fingerprint density at radius 2 is 2.25 bits per heavy atom. The molecule has 0 radical (unpaired) electrons. The van der Waals surface area contributed by atoms with Crippen LogP contribution in [0.2, 0.25) is 5.02 Å². The predicted molar refractivity (Wildman–Crippen MR) is 61.9 cm³/mol. The Labute approximate surface area is 97.8 Å². The minimum absolute atomic E-state index is 0.304. The molecule has 1 N–H and O–H groups in total. The summed E-state index contributed by atoms with van der Waals surface area (Å²) in [6.45, 7) is 0.338. The molecule has 0 saturated heterocycles. The summed E-state index contributed by atoms with van der Waals surface area (Å²) in [5, 5.41) is 7.49. The van der Waals surface area contributed by atoms with Crippen LogP contribution in [0.1, 0.15) is 5.56 Å². The summed E-state index contributed by atoms with van der Waals surface area (Å²) in [7, 11) is 1.81. The van der Waals surface area contributed by atoms with Crippen molar-refractivity contribution >= 4 is 17.4 Å². The molecule has 0 aliphatic rings. The van der Waals surface area contributed by atoms with Crippen LogP contribution < -0.4 is 5.32 Å². The van der Waals surface area contributed by atoms with Crippen LogP contribution in [0.4, 0.5) is 10.2 Å². The van der Waals surface area contributed by atoms with Crippen molar-refractivity contribution in [3.63, 3.8) is 0 Å². The molecular formula is C11H11ClFN3. The second-order valence-electron chi connectivity index (χ2n) is 3.39. The van der Waals surface area contributed by atoms with E-state index in [1.165, 1.54) is 6.07 Å². The molecular weight excluding hydrogens is 229 g/mol. The molecule has 0 bridgehead atoms. The maximum atomic E-state index is 13.4. The molecule has 1 aromatic heterocycles. The molecule has 5 heteroatoms. The standard InChI is InChI=1S/C11H11ClFN3/c1-16-11(5-6-15-16)14-7-8-9(12)3-2-4-10(8)13/h2-6,14H,7H2,1H3. The molecule has 2 aromatic rings. The average Bonchev–Trinajstić information content (AvgIpc) is 2.64. The summed E-state index contributed by atoms with van der Waals surface area (Å²) in [5.41, 5.74) is 0.463. The summed E-state index contributed by atoms with van der Waals surface area (Å²) in [6, 6.07) is 6.47. The lowest BCUT2D eigenvalue weighted by Gasteiger charge is -2.08. The first kappa shape index (κ1) is 11.0. The number of hydrogen-bond donors (Lipinski definition) is 1. The third-order valence-corrected chi connectivity index (χ3v) is 2.68. The zero-order valence-corrected chi connectivity index (χ0v) is 9.50. The van der Waals surface area contributed by atoms with E-state index in [1.807, 2.05) is 13.1 Å². The molecule has 1 aromatic carbocycles. The van der Waals surface area contributed by atoms with Crippen molar-refractivity contribution in [2.24, 2.45) is 7.05 Å². The van der Waals surface area contributed by atoms with Gasteiger partial charge >= 0.3 is 0 Å². The Hall–Kier alpha value is -1.55. The van der Waals surface area contributed by atoms with Crippen LogP contribution in [0.5, 0.6) is 0 Å². The van der Waals surface area contributed by atoms with Crippen LogP contribution in [-0.2, 0) is 13.6 Å². The fraction of sp³-hybridized carbons (Fsp3) is 0.182. The minimum Gasteiger partial charge on any atom is -0.366 e.